The number of aliphatic hydroxyl groups is 1. The van der Waals surface area contributed by atoms with E-state index in [1.165, 1.54) is 20.0 Å². The lowest BCUT2D eigenvalue weighted by molar-refractivity contribution is -0.155. The molecule has 1 amide bonds. The van der Waals surface area contributed by atoms with Gasteiger partial charge in [0.05, 0.1) is 16.9 Å². The number of hydrogen-bond donors (Lipinski definition) is 3. The summed E-state index contributed by atoms with van der Waals surface area (Å²) in [4.78, 5) is 26.4. The van der Waals surface area contributed by atoms with Crippen LogP contribution in [0, 0.1) is 0 Å². The molecule has 3 N–H and O–H groups in total. The zero-order chi connectivity index (χ0) is 29.5. The van der Waals surface area contributed by atoms with Crippen LogP contribution >= 0.6 is 11.3 Å². The fourth-order valence-corrected chi connectivity index (χ4v) is 7.28. The van der Waals surface area contributed by atoms with Gasteiger partial charge in [-0.3, -0.25) is 4.79 Å². The van der Waals surface area contributed by atoms with Crippen molar-refractivity contribution in [3.8, 4) is 10.6 Å². The first-order valence-corrected chi connectivity index (χ1v) is 14.0. The number of aromatic nitrogens is 1. The zero-order valence-corrected chi connectivity index (χ0v) is 22.6. The van der Waals surface area contributed by atoms with Crippen molar-refractivity contribution in [3.05, 3.63) is 59.9 Å². The summed E-state index contributed by atoms with van der Waals surface area (Å²) < 4.78 is 77.2. The molecular weight excluding hydrogens is 579 g/mol. The largest absolute Gasteiger partial charge is 0.480 e. The standard InChI is InChI=1S/C24H24F3N3O8S2/c1-14(37-21(34)30(2)10-11-31)22(15-6-4-3-5-7-15)13-23(22,20(32)33)29-40(35,36)19-9-8-17(39-19)16-12-18(38-28-16)24(25,26)27/h3-9,12,14,29,31H,10-11,13H2,1-2H3,(H,32,33)/t14?,22-,23+/m1/s1. The van der Waals surface area contributed by atoms with E-state index in [1.807, 2.05) is 0 Å². The van der Waals surface area contributed by atoms with Crippen molar-refractivity contribution in [2.75, 3.05) is 20.2 Å². The predicted octanol–water partition coefficient (Wildman–Crippen LogP) is 3.31. The van der Waals surface area contributed by atoms with Crippen LogP contribution in [-0.4, -0.2) is 72.6 Å². The number of carboxylic acid groups (broad SMARTS) is 1. The van der Waals surface area contributed by atoms with E-state index in [0.29, 0.717) is 23.0 Å². The molecule has 1 unspecified atom stereocenters. The summed E-state index contributed by atoms with van der Waals surface area (Å²) in [6.45, 7) is 1.07. The minimum atomic E-state index is -4.79. The third-order valence-electron chi connectivity index (χ3n) is 6.75. The molecule has 40 heavy (non-hydrogen) atoms. The van der Waals surface area contributed by atoms with E-state index in [4.69, 9.17) is 9.84 Å². The van der Waals surface area contributed by atoms with Crippen LogP contribution in [0.4, 0.5) is 18.0 Å². The summed E-state index contributed by atoms with van der Waals surface area (Å²) in [6, 6.07) is 11.1. The van der Waals surface area contributed by atoms with Gasteiger partial charge in [0, 0.05) is 19.7 Å². The Morgan fingerprint density at radius 1 is 1.25 bits per heavy atom. The molecule has 0 aliphatic heterocycles. The van der Waals surface area contributed by atoms with E-state index in [1.54, 1.807) is 30.3 Å². The number of alkyl halides is 3. The number of amides is 1. The molecular formula is C24H24F3N3O8S2. The van der Waals surface area contributed by atoms with E-state index in [9.17, 15) is 36.3 Å². The van der Waals surface area contributed by atoms with E-state index >= 15 is 0 Å². The van der Waals surface area contributed by atoms with Crippen molar-refractivity contribution in [1.29, 1.82) is 0 Å². The lowest BCUT2D eigenvalue weighted by atomic mass is 9.86. The van der Waals surface area contributed by atoms with Gasteiger partial charge in [-0.25, -0.2) is 13.2 Å². The maximum Gasteiger partial charge on any atom is 0.452 e. The monoisotopic (exact) mass is 603 g/mol. The van der Waals surface area contributed by atoms with Crippen LogP contribution in [0.5, 0.6) is 0 Å². The molecule has 0 saturated heterocycles. The third-order valence-corrected chi connectivity index (χ3v) is 9.84. The van der Waals surface area contributed by atoms with Crippen LogP contribution in [0.1, 0.15) is 24.7 Å². The van der Waals surface area contributed by atoms with Gasteiger partial charge in [-0.1, -0.05) is 35.5 Å². The fraction of sp³-hybridized carbons (Fsp3) is 0.375. The lowest BCUT2D eigenvalue weighted by Gasteiger charge is -2.30. The number of halogens is 3. The number of carbonyl (C=O) groups excluding carboxylic acids is 1. The Kier molecular flexibility index (Phi) is 7.74. The molecule has 216 valence electrons. The smallest absolute Gasteiger partial charge is 0.452 e. The highest BCUT2D eigenvalue weighted by Crippen LogP contribution is 2.61. The molecule has 1 fully saturated rings. The molecule has 1 saturated carbocycles. The molecule has 3 atom stereocenters. The summed E-state index contributed by atoms with van der Waals surface area (Å²) >= 11 is 0.573. The van der Waals surface area contributed by atoms with Crippen molar-refractivity contribution in [2.45, 2.75) is 40.8 Å². The third kappa shape index (κ3) is 5.18. The van der Waals surface area contributed by atoms with Gasteiger partial charge in [-0.2, -0.15) is 17.9 Å². The quantitative estimate of drug-likeness (QED) is 0.316. The highest BCUT2D eigenvalue weighted by Gasteiger charge is 2.78. The molecule has 0 radical (unpaired) electrons. The Morgan fingerprint density at radius 3 is 2.50 bits per heavy atom. The minimum absolute atomic E-state index is 0.0444. The van der Waals surface area contributed by atoms with Crippen LogP contribution in [0.2, 0.25) is 0 Å². The van der Waals surface area contributed by atoms with Crippen molar-refractivity contribution in [1.82, 2.24) is 14.8 Å². The van der Waals surface area contributed by atoms with Gasteiger partial charge in [-0.15, -0.1) is 11.3 Å². The van der Waals surface area contributed by atoms with E-state index in [0.717, 1.165) is 11.0 Å². The Morgan fingerprint density at radius 2 is 1.93 bits per heavy atom. The van der Waals surface area contributed by atoms with Gasteiger partial charge in [0.25, 0.3) is 10.0 Å². The number of benzene rings is 1. The van der Waals surface area contributed by atoms with Crippen LogP contribution in [0.15, 0.2) is 57.3 Å². The molecule has 16 heteroatoms. The maximum atomic E-state index is 13.4. The Balaban J connectivity index is 1.68. The van der Waals surface area contributed by atoms with E-state index in [-0.39, 0.29) is 34.4 Å². The first kappa shape index (κ1) is 29.5. The van der Waals surface area contributed by atoms with Crippen LogP contribution in [-0.2, 0) is 31.1 Å². The number of aliphatic carboxylic acids is 1. The van der Waals surface area contributed by atoms with E-state index in [2.05, 4.69) is 14.4 Å². The topological polar surface area (TPSA) is 159 Å². The van der Waals surface area contributed by atoms with Crippen LogP contribution < -0.4 is 4.72 Å². The SMILES string of the molecule is CC(OC(=O)N(C)CCO)[C@@]1(c2ccccc2)C[C@]1(NS(=O)(=O)c1ccc(-c2cc(C(F)(F)F)on2)s1)C(=O)O. The number of sulfonamides is 1. The van der Waals surface area contributed by atoms with Crippen LogP contribution in [0.3, 0.4) is 0 Å². The lowest BCUT2D eigenvalue weighted by Crippen LogP contribution is -2.52. The number of thiophene rings is 1. The normalized spacial score (nSPS) is 21.6. The zero-order valence-electron chi connectivity index (χ0n) is 21.0. The second-order valence-electron chi connectivity index (χ2n) is 9.19. The summed E-state index contributed by atoms with van der Waals surface area (Å²) in [5.74, 6) is -2.88. The average molecular weight is 604 g/mol. The number of rotatable bonds is 10. The van der Waals surface area contributed by atoms with Crippen molar-refractivity contribution < 1.29 is 50.7 Å². The number of nitrogens with zero attached hydrogens (tertiary/aromatic N) is 2. The van der Waals surface area contributed by atoms with Gasteiger partial charge in [0.2, 0.25) is 5.76 Å². The van der Waals surface area contributed by atoms with Crippen molar-refractivity contribution >= 4 is 33.4 Å². The number of likely N-dealkylation sites (N-methyl/N-ethyl adjacent to an activating group) is 1. The summed E-state index contributed by atoms with van der Waals surface area (Å²) in [7, 11) is -3.18. The number of carboxylic acids is 1. The number of aliphatic hydroxyl groups excluding tert-OH is 1. The predicted molar refractivity (Wildman–Crippen MR) is 134 cm³/mol. The van der Waals surface area contributed by atoms with Gasteiger partial charge >= 0.3 is 18.2 Å². The Labute approximate surface area is 230 Å². The summed E-state index contributed by atoms with van der Waals surface area (Å²) in [6.07, 6.45) is -7.04. The Bertz CT molecular complexity index is 1510. The first-order chi connectivity index (χ1) is 18.7. The van der Waals surface area contributed by atoms with E-state index < -0.39 is 51.1 Å². The molecule has 11 nitrogen and oxygen atoms in total. The van der Waals surface area contributed by atoms with Gasteiger partial charge in [0.15, 0.2) is 0 Å². The molecule has 1 aliphatic carbocycles. The van der Waals surface area contributed by atoms with Crippen molar-refractivity contribution in [3.63, 3.8) is 0 Å². The number of hydrogen-bond acceptors (Lipinski definition) is 9. The summed E-state index contributed by atoms with van der Waals surface area (Å²) in [5.41, 5.74) is -3.50. The maximum absolute atomic E-state index is 13.4. The average Bonchev–Trinajstić information content (AvgIpc) is 3.24. The first-order valence-electron chi connectivity index (χ1n) is 11.7. The second kappa shape index (κ2) is 10.5. The fourth-order valence-electron chi connectivity index (χ4n) is 4.61. The molecule has 3 aromatic rings. The highest BCUT2D eigenvalue weighted by atomic mass is 32.2. The molecule has 2 heterocycles. The highest BCUT2D eigenvalue weighted by molar-refractivity contribution is 7.91. The molecule has 1 aromatic carbocycles. The summed E-state index contributed by atoms with van der Waals surface area (Å²) in [5, 5.41) is 22.8. The van der Waals surface area contributed by atoms with Gasteiger partial charge in [-0.05, 0) is 31.0 Å². The number of nitrogens with one attached hydrogen (secondary N) is 1. The van der Waals surface area contributed by atoms with Crippen LogP contribution in [0.25, 0.3) is 10.6 Å². The van der Waals surface area contributed by atoms with Gasteiger partial charge < -0.3 is 24.4 Å². The molecule has 0 spiro atoms. The number of ether oxygens (including phenoxy) is 1. The Hall–Kier alpha value is -3.47. The molecule has 1 aliphatic rings. The molecule has 0 bridgehead atoms. The number of carbonyl (C=O) groups is 2. The molecule has 2 aromatic heterocycles. The molecule has 4 rings (SSSR count). The van der Waals surface area contributed by atoms with Gasteiger partial charge in [0.1, 0.15) is 21.5 Å². The van der Waals surface area contributed by atoms with Crippen molar-refractivity contribution in [2.24, 2.45) is 0 Å². The minimum Gasteiger partial charge on any atom is -0.480 e. The second-order valence-corrected chi connectivity index (χ2v) is 12.2.